The summed E-state index contributed by atoms with van der Waals surface area (Å²) in [6.07, 6.45) is 9.30. The van der Waals surface area contributed by atoms with Gasteiger partial charge >= 0.3 is 11.9 Å². The Morgan fingerprint density at radius 1 is 0.806 bits per heavy atom. The van der Waals surface area contributed by atoms with Gasteiger partial charge in [-0.1, -0.05) is 77.3 Å². The van der Waals surface area contributed by atoms with E-state index in [-0.39, 0.29) is 11.1 Å². The number of carbonyl (C=O) groups excluding carboxylic acids is 1. The molecule has 0 amide bonds. The number of hydrogen-bond acceptors (Lipinski definition) is 7. The summed E-state index contributed by atoms with van der Waals surface area (Å²) >= 11 is 0. The number of carboxylic acids is 1. The van der Waals surface area contributed by atoms with Crippen molar-refractivity contribution in [3.63, 3.8) is 0 Å². The predicted octanol–water partition coefficient (Wildman–Crippen LogP) is 6.91. The van der Waals surface area contributed by atoms with Gasteiger partial charge in [0.15, 0.2) is 6.29 Å². The van der Waals surface area contributed by atoms with Crippen LogP contribution in [0.25, 0.3) is 0 Å². The molecule has 206 valence electrons. The summed E-state index contributed by atoms with van der Waals surface area (Å²) in [7, 11) is 0. The molecule has 2 unspecified atom stereocenters. The van der Waals surface area contributed by atoms with Gasteiger partial charge in [-0.3, -0.25) is 4.74 Å². The Balaban J connectivity index is 2.63. The molecular weight excluding hydrogens is 464 g/mol. The first-order valence-corrected chi connectivity index (χ1v) is 13.4. The van der Waals surface area contributed by atoms with Gasteiger partial charge in [0.2, 0.25) is 6.29 Å². The van der Waals surface area contributed by atoms with E-state index in [2.05, 4.69) is 13.8 Å². The number of rotatable bonds is 21. The molecule has 36 heavy (non-hydrogen) atoms. The molecule has 0 fully saturated rings. The molecule has 1 aromatic rings. The molecule has 0 radical (unpaired) electrons. The normalized spacial score (nSPS) is 13.4. The Morgan fingerprint density at radius 2 is 1.31 bits per heavy atom. The Kier molecular flexibility index (Phi) is 16.3. The standard InChI is InChI=1S/C28H46O8/c1-6-8-10-12-16-20-32-28(5,33-21-17-13-11-9-7-2)36-23(4)34-22(3)35-27(31)25-19-15-14-18-24(25)26(29)30/h14-15,18-19,22-23H,6-13,16-17,20-21H2,1-5H3,(H,29,30). The Morgan fingerprint density at radius 3 is 1.81 bits per heavy atom. The van der Waals surface area contributed by atoms with Gasteiger partial charge in [-0.25, -0.2) is 9.59 Å². The lowest BCUT2D eigenvalue weighted by molar-refractivity contribution is -0.415. The van der Waals surface area contributed by atoms with Gasteiger partial charge in [0, 0.05) is 6.92 Å². The van der Waals surface area contributed by atoms with Crippen LogP contribution in [0.2, 0.25) is 0 Å². The average molecular weight is 511 g/mol. The maximum atomic E-state index is 12.5. The molecular formula is C28H46O8. The van der Waals surface area contributed by atoms with Gasteiger partial charge in [0.05, 0.1) is 24.3 Å². The van der Waals surface area contributed by atoms with Crippen LogP contribution in [0, 0.1) is 0 Å². The van der Waals surface area contributed by atoms with Crippen LogP contribution in [0.4, 0.5) is 0 Å². The second-order valence-corrected chi connectivity index (χ2v) is 9.03. The zero-order valence-electron chi connectivity index (χ0n) is 22.8. The largest absolute Gasteiger partial charge is 0.478 e. The maximum absolute atomic E-state index is 12.5. The van der Waals surface area contributed by atoms with Gasteiger partial charge in [-0.15, -0.1) is 0 Å². The summed E-state index contributed by atoms with van der Waals surface area (Å²) < 4.78 is 28.9. The molecule has 0 spiro atoms. The SMILES string of the molecule is CCCCCCCOC(C)(OCCCCCCC)OC(C)OC(C)OC(=O)c1ccccc1C(=O)O. The summed E-state index contributed by atoms with van der Waals surface area (Å²) in [4.78, 5) is 23.9. The maximum Gasteiger partial charge on any atom is 0.341 e. The second kappa shape index (κ2) is 18.3. The van der Waals surface area contributed by atoms with Gasteiger partial charge in [-0.2, -0.15) is 0 Å². The van der Waals surface area contributed by atoms with Crippen LogP contribution in [0.5, 0.6) is 0 Å². The molecule has 0 aliphatic rings. The smallest absolute Gasteiger partial charge is 0.341 e. The monoisotopic (exact) mass is 510 g/mol. The molecule has 0 saturated carbocycles. The number of esters is 1. The highest BCUT2D eigenvalue weighted by Crippen LogP contribution is 2.21. The number of benzene rings is 1. The minimum Gasteiger partial charge on any atom is -0.478 e. The Bertz CT molecular complexity index is 735. The lowest BCUT2D eigenvalue weighted by atomic mass is 10.1. The van der Waals surface area contributed by atoms with E-state index in [0.717, 1.165) is 25.7 Å². The number of carboxylic acid groups (broad SMARTS) is 1. The number of hydrogen-bond donors (Lipinski definition) is 1. The molecule has 1 N–H and O–H groups in total. The molecule has 2 atom stereocenters. The third-order valence-electron chi connectivity index (χ3n) is 5.64. The highest BCUT2D eigenvalue weighted by atomic mass is 16.9. The van der Waals surface area contributed by atoms with E-state index in [0.29, 0.717) is 13.2 Å². The van der Waals surface area contributed by atoms with Crippen LogP contribution in [0.3, 0.4) is 0 Å². The van der Waals surface area contributed by atoms with Gasteiger partial charge in [-0.05, 0) is 38.8 Å². The third-order valence-corrected chi connectivity index (χ3v) is 5.64. The molecule has 0 aliphatic carbocycles. The quantitative estimate of drug-likeness (QED) is 0.108. The fraction of sp³-hybridized carbons (Fsp3) is 0.714. The van der Waals surface area contributed by atoms with Crippen LogP contribution in [-0.4, -0.2) is 48.8 Å². The van der Waals surface area contributed by atoms with Crippen molar-refractivity contribution in [2.45, 2.75) is 117 Å². The average Bonchev–Trinajstić information content (AvgIpc) is 2.83. The minimum absolute atomic E-state index is 0.0447. The Hall–Kier alpha value is -2.00. The summed E-state index contributed by atoms with van der Waals surface area (Å²) in [5.41, 5.74) is -0.178. The molecule has 8 heteroatoms. The van der Waals surface area contributed by atoms with Crippen molar-refractivity contribution in [3.8, 4) is 0 Å². The highest BCUT2D eigenvalue weighted by Gasteiger charge is 2.31. The number of aromatic carboxylic acids is 1. The molecule has 0 heterocycles. The molecule has 8 nitrogen and oxygen atoms in total. The van der Waals surface area contributed by atoms with Crippen LogP contribution >= 0.6 is 0 Å². The van der Waals surface area contributed by atoms with Crippen molar-refractivity contribution < 1.29 is 38.4 Å². The van der Waals surface area contributed by atoms with Crippen LogP contribution in [0.15, 0.2) is 24.3 Å². The number of carbonyl (C=O) groups is 2. The van der Waals surface area contributed by atoms with E-state index in [1.54, 1.807) is 32.9 Å². The zero-order chi connectivity index (χ0) is 26.8. The van der Waals surface area contributed by atoms with Gasteiger partial charge in [0.1, 0.15) is 0 Å². The van der Waals surface area contributed by atoms with Crippen LogP contribution in [-0.2, 0) is 23.7 Å². The first-order valence-electron chi connectivity index (χ1n) is 13.4. The lowest BCUT2D eigenvalue weighted by Crippen LogP contribution is -2.41. The molecule has 1 aromatic carbocycles. The van der Waals surface area contributed by atoms with E-state index < -0.39 is 30.5 Å². The molecule has 0 bridgehead atoms. The number of ether oxygens (including phenoxy) is 5. The van der Waals surface area contributed by atoms with Gasteiger partial charge < -0.3 is 24.1 Å². The molecule has 1 rings (SSSR count). The third kappa shape index (κ3) is 13.3. The molecule has 0 aliphatic heterocycles. The van der Waals surface area contributed by atoms with Crippen molar-refractivity contribution in [3.05, 3.63) is 35.4 Å². The van der Waals surface area contributed by atoms with Crippen molar-refractivity contribution in [1.29, 1.82) is 0 Å². The fourth-order valence-electron chi connectivity index (χ4n) is 3.72. The highest BCUT2D eigenvalue weighted by molar-refractivity contribution is 6.02. The van der Waals surface area contributed by atoms with Gasteiger partial charge in [0.25, 0.3) is 5.97 Å². The minimum atomic E-state index is -1.30. The number of unbranched alkanes of at least 4 members (excludes halogenated alkanes) is 8. The van der Waals surface area contributed by atoms with Crippen molar-refractivity contribution >= 4 is 11.9 Å². The second-order valence-electron chi connectivity index (χ2n) is 9.03. The lowest BCUT2D eigenvalue weighted by Gasteiger charge is -2.33. The fourth-order valence-corrected chi connectivity index (χ4v) is 3.72. The predicted molar refractivity (Wildman–Crippen MR) is 138 cm³/mol. The van der Waals surface area contributed by atoms with Crippen LogP contribution in [0.1, 0.15) is 120 Å². The Labute approximate surface area is 216 Å². The molecule has 0 aromatic heterocycles. The summed E-state index contributed by atoms with van der Waals surface area (Å²) in [5.74, 6) is -3.29. The molecule has 0 saturated heterocycles. The first kappa shape index (κ1) is 32.0. The van der Waals surface area contributed by atoms with E-state index in [4.69, 9.17) is 23.7 Å². The summed E-state index contributed by atoms with van der Waals surface area (Å²) in [6, 6.07) is 5.87. The van der Waals surface area contributed by atoms with Crippen molar-refractivity contribution in [2.24, 2.45) is 0 Å². The van der Waals surface area contributed by atoms with E-state index >= 15 is 0 Å². The van der Waals surface area contributed by atoms with Crippen molar-refractivity contribution in [1.82, 2.24) is 0 Å². The first-order chi connectivity index (χ1) is 17.2. The summed E-state index contributed by atoms with van der Waals surface area (Å²) in [6.45, 7) is 10.3. The van der Waals surface area contributed by atoms with E-state index in [1.807, 2.05) is 0 Å². The summed E-state index contributed by atoms with van der Waals surface area (Å²) in [5, 5.41) is 9.30. The topological polar surface area (TPSA) is 101 Å². The van der Waals surface area contributed by atoms with E-state index in [9.17, 15) is 14.7 Å². The van der Waals surface area contributed by atoms with Crippen LogP contribution < -0.4 is 0 Å². The van der Waals surface area contributed by atoms with E-state index in [1.165, 1.54) is 50.7 Å². The van der Waals surface area contributed by atoms with Crippen molar-refractivity contribution in [2.75, 3.05) is 13.2 Å². The zero-order valence-corrected chi connectivity index (χ0v) is 22.8.